The van der Waals surface area contributed by atoms with Crippen LogP contribution in [-0.4, -0.2) is 26.7 Å². The molecule has 3 heterocycles. The van der Waals surface area contributed by atoms with Crippen molar-refractivity contribution in [1.82, 2.24) is 9.88 Å². The van der Waals surface area contributed by atoms with Crippen LogP contribution in [0.25, 0.3) is 0 Å². The average Bonchev–Trinajstić information content (AvgIpc) is 3.16. The van der Waals surface area contributed by atoms with E-state index in [1.165, 1.54) is 11.2 Å². The van der Waals surface area contributed by atoms with Gasteiger partial charge in [0.2, 0.25) is 0 Å². The molecule has 1 aliphatic heterocycles. The molecule has 6 heteroatoms. The lowest BCUT2D eigenvalue weighted by Gasteiger charge is -2.27. The summed E-state index contributed by atoms with van der Waals surface area (Å²) in [6.07, 6.45) is 3.11. The molecule has 0 aromatic carbocycles. The molecule has 25 heavy (non-hydrogen) atoms. The van der Waals surface area contributed by atoms with Crippen LogP contribution in [0.1, 0.15) is 38.3 Å². The highest BCUT2D eigenvalue weighted by Gasteiger charge is 2.46. The molecule has 1 atom stereocenters. The number of aliphatic hydroxyl groups is 1. The van der Waals surface area contributed by atoms with Gasteiger partial charge < -0.3 is 14.4 Å². The number of pyridine rings is 1. The number of furan rings is 1. The monoisotopic (exact) mass is 340 g/mol. The highest BCUT2D eigenvalue weighted by Crippen LogP contribution is 2.40. The molecule has 0 spiro atoms. The molecule has 0 aliphatic carbocycles. The maximum absolute atomic E-state index is 12.9. The van der Waals surface area contributed by atoms with Gasteiger partial charge in [-0.25, -0.2) is 0 Å². The smallest absolute Gasteiger partial charge is 0.290 e. The van der Waals surface area contributed by atoms with Crippen molar-refractivity contribution in [3.63, 3.8) is 0 Å². The van der Waals surface area contributed by atoms with Gasteiger partial charge in [-0.2, -0.15) is 0 Å². The van der Waals surface area contributed by atoms with Crippen molar-refractivity contribution in [2.75, 3.05) is 0 Å². The number of Topliss-reactive ketones (excluding diaryl/α,β-unsaturated/α-hetero) is 1. The number of aromatic nitrogens is 1. The Morgan fingerprint density at radius 3 is 2.60 bits per heavy atom. The first kappa shape index (κ1) is 17.0. The van der Waals surface area contributed by atoms with Crippen LogP contribution in [0, 0.1) is 5.41 Å². The third-order valence-electron chi connectivity index (χ3n) is 4.10. The van der Waals surface area contributed by atoms with Crippen LogP contribution in [0.3, 0.4) is 0 Å². The molecule has 2 aromatic rings. The van der Waals surface area contributed by atoms with E-state index in [9.17, 15) is 14.7 Å². The largest absolute Gasteiger partial charge is 0.503 e. The van der Waals surface area contributed by atoms with Crippen molar-refractivity contribution in [1.29, 1.82) is 0 Å². The highest BCUT2D eigenvalue weighted by molar-refractivity contribution is 6.10. The fourth-order valence-corrected chi connectivity index (χ4v) is 2.87. The molecule has 1 aliphatic rings. The summed E-state index contributed by atoms with van der Waals surface area (Å²) in [6.45, 7) is 5.40. The maximum atomic E-state index is 12.9. The van der Waals surface area contributed by atoms with Crippen LogP contribution in [0.15, 0.2) is 58.5 Å². The molecule has 0 saturated heterocycles. The van der Waals surface area contributed by atoms with E-state index < -0.39 is 23.1 Å². The van der Waals surface area contributed by atoms with Gasteiger partial charge in [-0.1, -0.05) is 26.8 Å². The third-order valence-corrected chi connectivity index (χ3v) is 4.10. The number of ketones is 1. The predicted octanol–water partition coefficient (Wildman–Crippen LogP) is 3.19. The normalized spacial score (nSPS) is 18.1. The number of carbonyl (C=O) groups is 2. The number of hydrogen-bond acceptors (Lipinski definition) is 5. The van der Waals surface area contributed by atoms with Gasteiger partial charge in [-0.05, 0) is 24.3 Å². The van der Waals surface area contributed by atoms with Crippen molar-refractivity contribution in [2.45, 2.75) is 33.4 Å². The van der Waals surface area contributed by atoms with E-state index in [0.717, 1.165) is 0 Å². The summed E-state index contributed by atoms with van der Waals surface area (Å²) in [7, 11) is 0. The molecule has 0 bridgehead atoms. The van der Waals surface area contributed by atoms with Gasteiger partial charge in [0, 0.05) is 11.6 Å². The Morgan fingerprint density at radius 2 is 2.04 bits per heavy atom. The molecule has 2 aromatic heterocycles. The standard InChI is InChI=1S/C19H20N2O4/c1-19(2,3)17(23)14-15(13-8-4-5-9-20-13)21(18(24)16(14)22)11-12-7-6-10-25-12/h4-10,15,22H,11H2,1-3H3. The Bertz CT molecular complexity index is 817. The van der Waals surface area contributed by atoms with Crippen molar-refractivity contribution in [2.24, 2.45) is 5.41 Å². The summed E-state index contributed by atoms with van der Waals surface area (Å²) in [6, 6.07) is 7.99. The van der Waals surface area contributed by atoms with Crippen LogP contribution in [0.4, 0.5) is 0 Å². The van der Waals surface area contributed by atoms with Crippen LogP contribution in [0.5, 0.6) is 0 Å². The zero-order valence-electron chi connectivity index (χ0n) is 14.4. The summed E-state index contributed by atoms with van der Waals surface area (Å²) in [5.41, 5.74) is -0.126. The lowest BCUT2D eigenvalue weighted by atomic mass is 9.83. The number of hydrogen-bond donors (Lipinski definition) is 1. The molecule has 1 unspecified atom stereocenters. The van der Waals surface area contributed by atoms with Crippen LogP contribution >= 0.6 is 0 Å². The molecule has 0 saturated carbocycles. The van der Waals surface area contributed by atoms with Gasteiger partial charge in [-0.15, -0.1) is 0 Å². The van der Waals surface area contributed by atoms with Gasteiger partial charge in [0.05, 0.1) is 24.1 Å². The van der Waals surface area contributed by atoms with Gasteiger partial charge in [-0.3, -0.25) is 14.6 Å². The van der Waals surface area contributed by atoms with E-state index in [1.807, 2.05) is 0 Å². The quantitative estimate of drug-likeness (QED) is 0.924. The topological polar surface area (TPSA) is 83.6 Å². The molecular formula is C19H20N2O4. The maximum Gasteiger partial charge on any atom is 0.290 e. The SMILES string of the molecule is CC(C)(C)C(=O)C1=C(O)C(=O)N(Cc2ccco2)C1c1ccccn1. The molecule has 6 nitrogen and oxygen atoms in total. The zero-order valence-corrected chi connectivity index (χ0v) is 14.4. The average molecular weight is 340 g/mol. The Balaban J connectivity index is 2.08. The highest BCUT2D eigenvalue weighted by atomic mass is 16.3. The minimum absolute atomic E-state index is 0.0859. The number of carbonyl (C=O) groups excluding carboxylic acids is 2. The summed E-state index contributed by atoms with van der Waals surface area (Å²) < 4.78 is 5.33. The number of amides is 1. The number of rotatable bonds is 4. The van der Waals surface area contributed by atoms with Gasteiger partial charge in [0.1, 0.15) is 11.8 Å². The van der Waals surface area contributed by atoms with Crippen LogP contribution < -0.4 is 0 Å². The van der Waals surface area contributed by atoms with E-state index in [2.05, 4.69) is 4.98 Å². The fourth-order valence-electron chi connectivity index (χ4n) is 2.87. The second kappa shape index (κ2) is 6.20. The van der Waals surface area contributed by atoms with Crippen molar-refractivity contribution >= 4 is 11.7 Å². The van der Waals surface area contributed by atoms with Crippen molar-refractivity contribution < 1.29 is 19.1 Å². The van der Waals surface area contributed by atoms with Gasteiger partial charge in [0.25, 0.3) is 5.91 Å². The fraction of sp³-hybridized carbons (Fsp3) is 0.316. The minimum Gasteiger partial charge on any atom is -0.503 e. The molecule has 0 fully saturated rings. The van der Waals surface area contributed by atoms with E-state index in [-0.39, 0.29) is 17.9 Å². The molecule has 0 radical (unpaired) electrons. The Labute approximate surface area is 145 Å². The summed E-state index contributed by atoms with van der Waals surface area (Å²) >= 11 is 0. The molecule has 3 rings (SSSR count). The van der Waals surface area contributed by atoms with E-state index >= 15 is 0 Å². The summed E-state index contributed by atoms with van der Waals surface area (Å²) in [4.78, 5) is 31.3. The first-order valence-electron chi connectivity index (χ1n) is 8.03. The lowest BCUT2D eigenvalue weighted by molar-refractivity contribution is -0.130. The summed E-state index contributed by atoms with van der Waals surface area (Å²) in [5, 5.41) is 10.4. The van der Waals surface area contributed by atoms with Gasteiger partial charge >= 0.3 is 0 Å². The second-order valence-electron chi connectivity index (χ2n) is 7.01. The van der Waals surface area contributed by atoms with E-state index in [0.29, 0.717) is 11.5 Å². The lowest BCUT2D eigenvalue weighted by Crippen LogP contribution is -2.32. The van der Waals surface area contributed by atoms with Crippen LogP contribution in [0.2, 0.25) is 0 Å². The second-order valence-corrected chi connectivity index (χ2v) is 7.01. The van der Waals surface area contributed by atoms with E-state index in [4.69, 9.17) is 4.42 Å². The third kappa shape index (κ3) is 3.07. The Kier molecular flexibility index (Phi) is 4.20. The van der Waals surface area contributed by atoms with E-state index in [1.54, 1.807) is 57.3 Å². The minimum atomic E-state index is -0.745. The first-order valence-corrected chi connectivity index (χ1v) is 8.03. The molecule has 1 N–H and O–H groups in total. The van der Waals surface area contributed by atoms with Crippen LogP contribution in [-0.2, 0) is 16.1 Å². The summed E-state index contributed by atoms with van der Waals surface area (Å²) in [5.74, 6) is -0.829. The zero-order chi connectivity index (χ0) is 18.2. The van der Waals surface area contributed by atoms with Gasteiger partial charge in [0.15, 0.2) is 11.5 Å². The number of aliphatic hydroxyl groups excluding tert-OH is 1. The Hall–Kier alpha value is -2.89. The Morgan fingerprint density at radius 1 is 1.28 bits per heavy atom. The first-order chi connectivity index (χ1) is 11.8. The van der Waals surface area contributed by atoms with Crippen molar-refractivity contribution in [3.8, 4) is 0 Å². The van der Waals surface area contributed by atoms with Crippen molar-refractivity contribution in [3.05, 3.63) is 65.6 Å². The predicted molar refractivity (Wildman–Crippen MR) is 90.4 cm³/mol. The molecule has 130 valence electrons. The molecule has 1 amide bonds. The number of nitrogens with zero attached hydrogens (tertiary/aromatic N) is 2. The molecular weight excluding hydrogens is 320 g/mol.